The van der Waals surface area contributed by atoms with Gasteiger partial charge in [0.1, 0.15) is 22.8 Å². The summed E-state index contributed by atoms with van der Waals surface area (Å²) >= 11 is 0. The predicted molar refractivity (Wildman–Crippen MR) is 131 cm³/mol. The van der Waals surface area contributed by atoms with Crippen molar-refractivity contribution in [2.24, 2.45) is 5.41 Å². The first-order valence-electron chi connectivity index (χ1n) is 12.6. The maximum Gasteiger partial charge on any atom is 0.419 e. The summed E-state index contributed by atoms with van der Waals surface area (Å²) in [7, 11) is 0. The molecular formula is C25H28F3N7O2. The van der Waals surface area contributed by atoms with Gasteiger partial charge in [0.15, 0.2) is 0 Å². The Bertz CT molecular complexity index is 1310. The van der Waals surface area contributed by atoms with Crippen LogP contribution in [-0.4, -0.2) is 71.2 Å². The van der Waals surface area contributed by atoms with Crippen LogP contribution in [0.2, 0.25) is 0 Å². The number of aromatic amines is 1. The van der Waals surface area contributed by atoms with Crippen LogP contribution in [0.1, 0.15) is 31.2 Å². The van der Waals surface area contributed by atoms with Crippen LogP contribution >= 0.6 is 0 Å². The minimum atomic E-state index is -4.64. The first-order chi connectivity index (χ1) is 17.8. The van der Waals surface area contributed by atoms with E-state index in [9.17, 15) is 18.0 Å². The zero-order valence-corrected chi connectivity index (χ0v) is 20.2. The van der Waals surface area contributed by atoms with Crippen molar-refractivity contribution in [2.45, 2.75) is 37.9 Å². The number of halogens is 3. The van der Waals surface area contributed by atoms with E-state index in [0.29, 0.717) is 55.7 Å². The third kappa shape index (κ3) is 4.52. The second-order valence-electron chi connectivity index (χ2n) is 10.0. The number of rotatable bonds is 4. The van der Waals surface area contributed by atoms with Crippen molar-refractivity contribution in [2.75, 3.05) is 49.6 Å². The van der Waals surface area contributed by atoms with Crippen LogP contribution in [-0.2, 0) is 15.7 Å². The molecule has 3 aromatic heterocycles. The summed E-state index contributed by atoms with van der Waals surface area (Å²) in [5, 5.41) is 6.97. The van der Waals surface area contributed by atoms with E-state index >= 15 is 0 Å². The highest BCUT2D eigenvalue weighted by Gasteiger charge is 2.47. The molecule has 6 rings (SSSR count). The molecule has 3 aromatic rings. The number of carbonyl (C=O) groups excluding carboxylic acids is 1. The molecule has 1 aliphatic carbocycles. The molecule has 12 heteroatoms. The van der Waals surface area contributed by atoms with Crippen LogP contribution in [0.4, 0.5) is 24.9 Å². The van der Waals surface area contributed by atoms with Crippen molar-refractivity contribution in [3.63, 3.8) is 0 Å². The zero-order valence-electron chi connectivity index (χ0n) is 20.2. The molecule has 37 heavy (non-hydrogen) atoms. The second-order valence-corrected chi connectivity index (χ2v) is 10.0. The highest BCUT2D eigenvalue weighted by atomic mass is 19.4. The van der Waals surface area contributed by atoms with E-state index in [0.717, 1.165) is 37.9 Å². The highest BCUT2D eigenvalue weighted by molar-refractivity contribution is 5.94. The molecule has 1 unspecified atom stereocenters. The molecule has 0 bridgehead atoms. The maximum atomic E-state index is 14.0. The Morgan fingerprint density at radius 3 is 2.68 bits per heavy atom. The number of piperidine rings is 1. The minimum absolute atomic E-state index is 0.0824. The van der Waals surface area contributed by atoms with E-state index in [1.165, 1.54) is 6.20 Å². The molecule has 2 aliphatic heterocycles. The smallest absolute Gasteiger partial charge is 0.378 e. The summed E-state index contributed by atoms with van der Waals surface area (Å²) in [6.45, 7) is 4.19. The fourth-order valence-electron chi connectivity index (χ4n) is 5.79. The van der Waals surface area contributed by atoms with Crippen molar-refractivity contribution in [1.82, 2.24) is 25.3 Å². The number of alkyl halides is 3. The fourth-order valence-corrected chi connectivity index (χ4v) is 5.79. The van der Waals surface area contributed by atoms with Gasteiger partial charge in [0.05, 0.1) is 18.9 Å². The standard InChI is InChI=1S/C25H28F3N7O2/c26-25(27,28)18-14-31-23(32-15-11-19(36)24(12-15)3-5-29-6-4-24)34-21(18)17-13-30-22-16(17)1-2-20(33-22)35-7-9-37-10-8-35/h1-2,13-15,29H,3-12H2,(H,30,33)(H,31,32,34). The number of aromatic nitrogens is 4. The van der Waals surface area contributed by atoms with Gasteiger partial charge >= 0.3 is 6.18 Å². The van der Waals surface area contributed by atoms with Crippen molar-refractivity contribution in [3.8, 4) is 11.3 Å². The van der Waals surface area contributed by atoms with E-state index in [-0.39, 0.29) is 28.9 Å². The monoisotopic (exact) mass is 515 g/mol. The lowest BCUT2D eigenvalue weighted by Crippen LogP contribution is -2.39. The van der Waals surface area contributed by atoms with Gasteiger partial charge in [-0.1, -0.05) is 0 Å². The van der Waals surface area contributed by atoms with Crippen LogP contribution in [0.25, 0.3) is 22.3 Å². The molecule has 196 valence electrons. The molecule has 3 N–H and O–H groups in total. The van der Waals surface area contributed by atoms with Crippen molar-refractivity contribution < 1.29 is 22.7 Å². The Labute approximate surface area is 211 Å². The number of fused-ring (bicyclic) bond motifs is 1. The topological polar surface area (TPSA) is 108 Å². The normalized spacial score (nSPS) is 22.2. The number of Topliss-reactive ketones (excluding diaryl/α,β-unsaturated/α-hetero) is 1. The number of H-pyrrole nitrogens is 1. The third-order valence-corrected chi connectivity index (χ3v) is 7.76. The van der Waals surface area contributed by atoms with Gasteiger partial charge in [-0.15, -0.1) is 0 Å². The van der Waals surface area contributed by atoms with Crippen LogP contribution in [0, 0.1) is 5.41 Å². The minimum Gasteiger partial charge on any atom is -0.378 e. The predicted octanol–water partition coefficient (Wildman–Crippen LogP) is 3.39. The Hall–Kier alpha value is -3.25. The number of hydrogen-bond acceptors (Lipinski definition) is 8. The van der Waals surface area contributed by atoms with Gasteiger partial charge in [-0.05, 0) is 44.5 Å². The molecule has 1 spiro atoms. The molecule has 0 aromatic carbocycles. The van der Waals surface area contributed by atoms with Gasteiger partial charge in [-0.3, -0.25) is 4.79 Å². The summed E-state index contributed by atoms with van der Waals surface area (Å²) < 4.78 is 47.3. The van der Waals surface area contributed by atoms with E-state index in [4.69, 9.17) is 4.74 Å². The Balaban J connectivity index is 1.31. The number of ketones is 1. The molecule has 1 atom stereocenters. The summed E-state index contributed by atoms with van der Waals surface area (Å²) in [6.07, 6.45) is 0.188. The lowest BCUT2D eigenvalue weighted by Gasteiger charge is -2.32. The number of morpholine rings is 1. The van der Waals surface area contributed by atoms with Crippen LogP contribution in [0.5, 0.6) is 0 Å². The number of hydrogen-bond donors (Lipinski definition) is 3. The second kappa shape index (κ2) is 9.25. The Kier molecular flexibility index (Phi) is 6.03. The van der Waals surface area contributed by atoms with Crippen molar-refractivity contribution in [1.29, 1.82) is 0 Å². The molecule has 0 amide bonds. The summed E-state index contributed by atoms with van der Waals surface area (Å²) in [5.74, 6) is 1.03. The number of nitrogens with zero attached hydrogens (tertiary/aromatic N) is 4. The molecule has 5 heterocycles. The van der Waals surface area contributed by atoms with Gasteiger partial charge in [0.25, 0.3) is 0 Å². The van der Waals surface area contributed by atoms with Gasteiger partial charge < -0.3 is 25.3 Å². The Morgan fingerprint density at radius 2 is 1.92 bits per heavy atom. The van der Waals surface area contributed by atoms with Crippen molar-refractivity contribution in [3.05, 3.63) is 30.1 Å². The number of pyridine rings is 1. The molecule has 9 nitrogen and oxygen atoms in total. The maximum absolute atomic E-state index is 14.0. The third-order valence-electron chi connectivity index (χ3n) is 7.76. The quantitative estimate of drug-likeness (QED) is 0.486. The number of nitrogens with one attached hydrogen (secondary N) is 3. The van der Waals surface area contributed by atoms with E-state index in [1.807, 2.05) is 0 Å². The summed E-state index contributed by atoms with van der Waals surface area (Å²) in [6, 6.07) is 3.36. The van der Waals surface area contributed by atoms with E-state index in [1.54, 1.807) is 12.1 Å². The van der Waals surface area contributed by atoms with Crippen LogP contribution < -0.4 is 15.5 Å². The van der Waals surface area contributed by atoms with Gasteiger partial charge in [-0.2, -0.15) is 13.2 Å². The molecule has 3 fully saturated rings. The molecular weight excluding hydrogens is 487 g/mol. The SMILES string of the molecule is O=C1CC(Nc2ncc(C(F)(F)F)c(-c3c[nH]c4nc(N5CCOCC5)ccc34)n2)CC12CCNCC2. The highest BCUT2D eigenvalue weighted by Crippen LogP contribution is 2.43. The molecule has 0 radical (unpaired) electrons. The number of ether oxygens (including phenoxy) is 1. The number of anilines is 2. The molecule has 2 saturated heterocycles. The first-order valence-corrected chi connectivity index (χ1v) is 12.6. The summed E-state index contributed by atoms with van der Waals surface area (Å²) in [5.41, 5.74) is -0.731. The van der Waals surface area contributed by atoms with Crippen LogP contribution in [0.3, 0.4) is 0 Å². The van der Waals surface area contributed by atoms with E-state index < -0.39 is 11.7 Å². The molecule has 3 aliphatic rings. The zero-order chi connectivity index (χ0) is 25.6. The average Bonchev–Trinajstić information content (AvgIpc) is 3.44. The average molecular weight is 516 g/mol. The van der Waals surface area contributed by atoms with Crippen molar-refractivity contribution >= 4 is 28.6 Å². The van der Waals surface area contributed by atoms with E-state index in [2.05, 4.69) is 35.5 Å². The largest absolute Gasteiger partial charge is 0.419 e. The lowest BCUT2D eigenvalue weighted by molar-refractivity contribution is -0.137. The fraction of sp³-hybridized carbons (Fsp3) is 0.520. The van der Waals surface area contributed by atoms with Crippen LogP contribution in [0.15, 0.2) is 24.5 Å². The first kappa shape index (κ1) is 24.1. The van der Waals surface area contributed by atoms with Gasteiger partial charge in [0.2, 0.25) is 5.95 Å². The molecule has 1 saturated carbocycles. The summed E-state index contributed by atoms with van der Waals surface area (Å²) in [4.78, 5) is 30.8. The Morgan fingerprint density at radius 1 is 1.14 bits per heavy atom. The number of carbonyl (C=O) groups is 1. The van der Waals surface area contributed by atoms with Gasteiger partial charge in [0, 0.05) is 54.3 Å². The lowest BCUT2D eigenvalue weighted by atomic mass is 9.76. The van der Waals surface area contributed by atoms with Gasteiger partial charge in [-0.25, -0.2) is 15.0 Å².